The minimum Gasteiger partial charge on any atom is -0.475 e. The number of rotatable bonds is 4. The molecule has 1 aromatic heterocycles. The van der Waals surface area contributed by atoms with Gasteiger partial charge in [0.2, 0.25) is 0 Å². The Bertz CT molecular complexity index is 1280. The molecule has 3 aromatic rings. The molecule has 0 radical (unpaired) electrons. The molecule has 14 heteroatoms. The first-order chi connectivity index (χ1) is 17.3. The third kappa shape index (κ3) is 6.74. The van der Waals surface area contributed by atoms with E-state index in [1.54, 1.807) is 30.5 Å². The molecule has 0 bridgehead atoms. The minimum absolute atomic E-state index is 0.00204. The summed E-state index contributed by atoms with van der Waals surface area (Å²) in [5, 5.41) is 7.12. The highest BCUT2D eigenvalue weighted by molar-refractivity contribution is 6.26. The fourth-order valence-corrected chi connectivity index (χ4v) is 3.01. The lowest BCUT2D eigenvalue weighted by molar-refractivity contribution is -0.192. The number of nitrogens with zero attached hydrogens (tertiary/aromatic N) is 3. The summed E-state index contributed by atoms with van der Waals surface area (Å²) in [6.45, 7) is -0.353. The first-order valence-electron chi connectivity index (χ1n) is 10.1. The lowest BCUT2D eigenvalue weighted by Gasteiger charge is -2.18. The largest absolute Gasteiger partial charge is 0.490 e. The third-order valence-corrected chi connectivity index (χ3v) is 4.66. The molecule has 3 amide bonds. The van der Waals surface area contributed by atoms with Crippen LogP contribution in [0.25, 0.3) is 0 Å². The van der Waals surface area contributed by atoms with Gasteiger partial charge >= 0.3 is 24.4 Å². The molecule has 194 valence electrons. The van der Waals surface area contributed by atoms with Crippen LogP contribution in [0.15, 0.2) is 73.1 Å². The molecular weight excluding hydrogens is 512 g/mol. The standard InChI is InChI=1S/C21H14F3N3O3.C2HF3O2/c22-21(23,24)14-3-1-4-16(11-14)26-13-19(28)27(20(26)29)15-6-8-17(9-7-15)30-18-5-2-10-25-12-18;3-2(4,5)1(6)7/h1-12H,13H2;(H,6,7). The van der Waals surface area contributed by atoms with Crippen LogP contribution < -0.4 is 14.5 Å². The third-order valence-electron chi connectivity index (χ3n) is 4.66. The van der Waals surface area contributed by atoms with E-state index in [2.05, 4.69) is 4.98 Å². The second-order valence-corrected chi connectivity index (χ2v) is 7.23. The highest BCUT2D eigenvalue weighted by Crippen LogP contribution is 2.34. The number of alkyl halides is 6. The number of halogens is 6. The van der Waals surface area contributed by atoms with Crippen molar-refractivity contribution < 1.29 is 50.6 Å². The quantitative estimate of drug-likeness (QED) is 0.355. The maximum absolute atomic E-state index is 13.0. The van der Waals surface area contributed by atoms with E-state index in [1.165, 1.54) is 30.5 Å². The van der Waals surface area contributed by atoms with Gasteiger partial charge in [-0.2, -0.15) is 26.3 Å². The number of pyridine rings is 1. The van der Waals surface area contributed by atoms with Gasteiger partial charge in [0.1, 0.15) is 18.0 Å². The zero-order valence-electron chi connectivity index (χ0n) is 18.3. The van der Waals surface area contributed by atoms with Crippen LogP contribution in [-0.2, 0) is 15.8 Å². The summed E-state index contributed by atoms with van der Waals surface area (Å²) in [6.07, 6.45) is -6.49. The second kappa shape index (κ2) is 10.6. The van der Waals surface area contributed by atoms with E-state index in [4.69, 9.17) is 14.6 Å². The van der Waals surface area contributed by atoms with Crippen molar-refractivity contribution in [2.75, 3.05) is 16.3 Å². The number of imide groups is 1. The molecule has 1 aliphatic heterocycles. The predicted molar refractivity (Wildman–Crippen MR) is 116 cm³/mol. The van der Waals surface area contributed by atoms with E-state index in [9.17, 15) is 35.9 Å². The van der Waals surface area contributed by atoms with Crippen LogP contribution in [0.3, 0.4) is 0 Å². The van der Waals surface area contributed by atoms with Gasteiger partial charge in [-0.1, -0.05) is 6.07 Å². The van der Waals surface area contributed by atoms with Gasteiger partial charge in [-0.05, 0) is 54.6 Å². The number of ether oxygens (including phenoxy) is 1. The Balaban J connectivity index is 0.000000479. The van der Waals surface area contributed by atoms with Crippen LogP contribution in [0.5, 0.6) is 11.5 Å². The number of carboxylic acids is 1. The number of aliphatic carboxylic acids is 1. The molecule has 4 rings (SSSR count). The fourth-order valence-electron chi connectivity index (χ4n) is 3.01. The number of carbonyl (C=O) groups is 3. The van der Waals surface area contributed by atoms with Crippen molar-refractivity contribution in [3.63, 3.8) is 0 Å². The van der Waals surface area contributed by atoms with Gasteiger partial charge in [-0.3, -0.25) is 14.7 Å². The van der Waals surface area contributed by atoms with E-state index in [-0.39, 0.29) is 17.9 Å². The molecule has 1 aliphatic rings. The Kier molecular flexibility index (Phi) is 7.70. The number of amides is 3. The van der Waals surface area contributed by atoms with Crippen LogP contribution in [0.2, 0.25) is 0 Å². The zero-order chi connectivity index (χ0) is 27.4. The molecule has 1 saturated heterocycles. The van der Waals surface area contributed by atoms with Crippen molar-refractivity contribution >= 4 is 29.3 Å². The van der Waals surface area contributed by atoms with Crippen LogP contribution >= 0.6 is 0 Å². The molecule has 37 heavy (non-hydrogen) atoms. The zero-order valence-corrected chi connectivity index (χ0v) is 18.3. The number of aromatic nitrogens is 1. The molecule has 8 nitrogen and oxygen atoms in total. The van der Waals surface area contributed by atoms with Crippen molar-refractivity contribution in [2.45, 2.75) is 12.4 Å². The molecule has 0 saturated carbocycles. The van der Waals surface area contributed by atoms with Gasteiger partial charge in [0.05, 0.1) is 17.4 Å². The molecule has 0 spiro atoms. The van der Waals surface area contributed by atoms with Crippen LogP contribution in [0.1, 0.15) is 5.56 Å². The van der Waals surface area contributed by atoms with E-state index >= 15 is 0 Å². The number of anilines is 2. The van der Waals surface area contributed by atoms with Crippen molar-refractivity contribution in [3.8, 4) is 11.5 Å². The molecule has 1 fully saturated rings. The Morgan fingerprint density at radius 3 is 2.08 bits per heavy atom. The summed E-state index contributed by atoms with van der Waals surface area (Å²) in [4.78, 5) is 40.0. The smallest absolute Gasteiger partial charge is 0.475 e. The van der Waals surface area contributed by atoms with Crippen molar-refractivity contribution in [1.82, 2.24) is 4.98 Å². The normalized spacial score (nSPS) is 13.8. The van der Waals surface area contributed by atoms with Crippen molar-refractivity contribution in [1.29, 1.82) is 0 Å². The highest BCUT2D eigenvalue weighted by atomic mass is 19.4. The minimum atomic E-state index is -5.08. The summed E-state index contributed by atoms with van der Waals surface area (Å²) in [7, 11) is 0. The molecule has 2 aromatic carbocycles. The van der Waals surface area contributed by atoms with Gasteiger partial charge in [0, 0.05) is 11.9 Å². The van der Waals surface area contributed by atoms with Crippen molar-refractivity contribution in [3.05, 3.63) is 78.6 Å². The van der Waals surface area contributed by atoms with Gasteiger partial charge in [0.25, 0.3) is 5.91 Å². The Labute approximate surface area is 204 Å². The van der Waals surface area contributed by atoms with E-state index in [1.807, 2.05) is 0 Å². The molecule has 0 aliphatic carbocycles. The van der Waals surface area contributed by atoms with Crippen LogP contribution in [-0.4, -0.2) is 40.7 Å². The summed E-state index contributed by atoms with van der Waals surface area (Å²) in [5.41, 5.74) is -0.601. The monoisotopic (exact) mass is 527 g/mol. The van der Waals surface area contributed by atoms with E-state index < -0.39 is 35.8 Å². The number of carbonyl (C=O) groups excluding carboxylic acids is 2. The number of urea groups is 1. The number of benzene rings is 2. The Hall–Kier alpha value is -4.62. The predicted octanol–water partition coefficient (Wildman–Crippen LogP) is 5.50. The first kappa shape index (κ1) is 27.0. The summed E-state index contributed by atoms with van der Waals surface area (Å²) >= 11 is 0. The second-order valence-electron chi connectivity index (χ2n) is 7.23. The lowest BCUT2D eigenvalue weighted by Crippen LogP contribution is -2.33. The average molecular weight is 527 g/mol. The van der Waals surface area contributed by atoms with Gasteiger partial charge in [0.15, 0.2) is 0 Å². The Morgan fingerprint density at radius 1 is 0.892 bits per heavy atom. The van der Waals surface area contributed by atoms with Crippen LogP contribution in [0, 0.1) is 0 Å². The summed E-state index contributed by atoms with van der Waals surface area (Å²) in [6, 6.07) is 13.2. The maximum Gasteiger partial charge on any atom is 0.490 e. The van der Waals surface area contributed by atoms with Crippen molar-refractivity contribution in [2.24, 2.45) is 0 Å². The molecule has 2 heterocycles. The average Bonchev–Trinajstić information content (AvgIpc) is 3.13. The molecular formula is C23H15F6N3O5. The summed E-state index contributed by atoms with van der Waals surface area (Å²) < 4.78 is 76.3. The number of hydrogen-bond acceptors (Lipinski definition) is 5. The molecule has 0 atom stereocenters. The Morgan fingerprint density at radius 2 is 1.54 bits per heavy atom. The first-order valence-corrected chi connectivity index (χ1v) is 10.1. The van der Waals surface area contributed by atoms with Gasteiger partial charge in [-0.25, -0.2) is 14.5 Å². The highest BCUT2D eigenvalue weighted by Gasteiger charge is 2.39. The number of carboxylic acid groups (broad SMARTS) is 1. The van der Waals surface area contributed by atoms with E-state index in [0.29, 0.717) is 11.5 Å². The van der Waals surface area contributed by atoms with E-state index in [0.717, 1.165) is 21.9 Å². The van der Waals surface area contributed by atoms with Gasteiger partial charge in [-0.15, -0.1) is 0 Å². The fraction of sp³-hybridized carbons (Fsp3) is 0.130. The number of hydrogen-bond donors (Lipinski definition) is 1. The topological polar surface area (TPSA) is 100 Å². The molecule has 1 N–H and O–H groups in total. The van der Waals surface area contributed by atoms with Gasteiger partial charge < -0.3 is 9.84 Å². The summed E-state index contributed by atoms with van der Waals surface area (Å²) in [5.74, 6) is -2.30. The maximum atomic E-state index is 13.0. The molecule has 0 unspecified atom stereocenters. The SMILES string of the molecule is O=C(O)C(F)(F)F.O=C1CN(c2cccc(C(F)(F)F)c2)C(=O)N1c1ccc(Oc2cccnc2)cc1. The van der Waals surface area contributed by atoms with Crippen LogP contribution in [0.4, 0.5) is 42.5 Å². The lowest BCUT2D eigenvalue weighted by atomic mass is 10.2.